The molecule has 1 unspecified atom stereocenters. The summed E-state index contributed by atoms with van der Waals surface area (Å²) in [7, 11) is 0. The normalized spacial score (nSPS) is 23.0. The topological polar surface area (TPSA) is 117 Å². The summed E-state index contributed by atoms with van der Waals surface area (Å²) in [4.78, 5) is 40.6. The summed E-state index contributed by atoms with van der Waals surface area (Å²) in [5.74, 6) is -0.324. The number of urea groups is 1. The maximum Gasteiger partial charge on any atom is 0.322 e. The highest BCUT2D eigenvalue weighted by Crippen LogP contribution is 2.36. The van der Waals surface area contributed by atoms with Crippen LogP contribution in [-0.4, -0.2) is 40.5 Å². The number of imide groups is 1. The van der Waals surface area contributed by atoms with Crippen molar-refractivity contribution in [2.45, 2.75) is 18.4 Å². The van der Waals surface area contributed by atoms with Gasteiger partial charge in [-0.3, -0.25) is 25.2 Å². The van der Waals surface area contributed by atoms with Crippen molar-refractivity contribution in [2.24, 2.45) is 0 Å². The van der Waals surface area contributed by atoms with Crippen molar-refractivity contribution in [3.8, 4) is 0 Å². The van der Waals surface area contributed by atoms with E-state index in [9.17, 15) is 19.7 Å². The van der Waals surface area contributed by atoms with Gasteiger partial charge in [-0.15, -0.1) is 0 Å². The summed E-state index contributed by atoms with van der Waals surface area (Å²) in [5, 5.41) is 17.4. The van der Waals surface area contributed by atoms with Crippen LogP contribution in [0.15, 0.2) is 30.6 Å². The molecule has 0 bridgehead atoms. The van der Waals surface area contributed by atoms with Gasteiger partial charge in [0.1, 0.15) is 5.54 Å². The van der Waals surface area contributed by atoms with Gasteiger partial charge in [-0.2, -0.15) is 0 Å². The lowest BCUT2D eigenvalue weighted by Crippen LogP contribution is -2.58. The van der Waals surface area contributed by atoms with Gasteiger partial charge >= 0.3 is 6.03 Å². The van der Waals surface area contributed by atoms with Crippen LogP contribution in [0.3, 0.4) is 0 Å². The number of nitro benzene ring substituents is 1. The predicted molar refractivity (Wildman–Crippen MR) is 89.2 cm³/mol. The third kappa shape index (κ3) is 2.35. The Morgan fingerprint density at radius 1 is 1.24 bits per heavy atom. The van der Waals surface area contributed by atoms with E-state index < -0.39 is 16.5 Å². The predicted octanol–water partition coefficient (Wildman–Crippen LogP) is 1.32. The zero-order valence-electron chi connectivity index (χ0n) is 13.2. The smallest absolute Gasteiger partial charge is 0.322 e. The minimum Gasteiger partial charge on any atom is -0.368 e. The third-order valence-electron chi connectivity index (χ3n) is 4.82. The van der Waals surface area contributed by atoms with E-state index in [4.69, 9.17) is 0 Å². The number of carbonyl (C=O) groups is 2. The van der Waals surface area contributed by atoms with Crippen LogP contribution in [0.5, 0.6) is 0 Å². The number of hydrogen-bond donors (Lipinski definition) is 2. The average molecular weight is 341 g/mol. The molecule has 0 radical (unpaired) electrons. The molecular formula is C16H15N5O4. The van der Waals surface area contributed by atoms with Gasteiger partial charge in [0, 0.05) is 36.1 Å². The van der Waals surface area contributed by atoms with Crippen molar-refractivity contribution in [1.29, 1.82) is 0 Å². The molecule has 2 saturated heterocycles. The third-order valence-corrected chi connectivity index (χ3v) is 4.82. The Balaban J connectivity index is 1.77. The zero-order chi connectivity index (χ0) is 17.6. The molecule has 3 amide bonds. The first-order chi connectivity index (χ1) is 12.0. The molecule has 1 aromatic carbocycles. The molecule has 2 aliphatic rings. The largest absolute Gasteiger partial charge is 0.368 e. The summed E-state index contributed by atoms with van der Waals surface area (Å²) in [6.45, 7) is 1.01. The Hall–Kier alpha value is -3.23. The van der Waals surface area contributed by atoms with E-state index in [-0.39, 0.29) is 11.6 Å². The highest BCUT2D eigenvalue weighted by atomic mass is 16.6. The number of nitro groups is 1. The number of fused-ring (bicyclic) bond motifs is 1. The number of rotatable bonds is 2. The lowest BCUT2D eigenvalue weighted by Gasteiger charge is -2.39. The molecule has 9 nitrogen and oxygen atoms in total. The van der Waals surface area contributed by atoms with Gasteiger partial charge in [-0.05, 0) is 25.0 Å². The van der Waals surface area contributed by atoms with Crippen LogP contribution < -0.4 is 15.5 Å². The second-order valence-electron chi connectivity index (χ2n) is 6.30. The first kappa shape index (κ1) is 15.3. The van der Waals surface area contributed by atoms with Gasteiger partial charge in [0.25, 0.3) is 11.6 Å². The fourth-order valence-electron chi connectivity index (χ4n) is 3.67. The number of pyridine rings is 1. The van der Waals surface area contributed by atoms with Crippen LogP contribution >= 0.6 is 0 Å². The molecule has 1 aromatic heterocycles. The Morgan fingerprint density at radius 2 is 2.08 bits per heavy atom. The summed E-state index contributed by atoms with van der Waals surface area (Å²) < 4.78 is 0. The van der Waals surface area contributed by atoms with E-state index in [0.717, 1.165) is 12.1 Å². The first-order valence-corrected chi connectivity index (χ1v) is 7.90. The standard InChI is InChI=1S/C16H15N5O4/c22-14-16(19-15(23)18-14)5-1-7-20(9-16)12-2-3-13(21(24)25)11-8-17-6-4-10(11)12/h2-4,6,8H,1,5,7,9H2,(H2,18,19,22,23). The molecule has 128 valence electrons. The van der Waals surface area contributed by atoms with E-state index in [1.807, 2.05) is 4.90 Å². The van der Waals surface area contributed by atoms with Crippen LogP contribution in [0, 0.1) is 10.1 Å². The van der Waals surface area contributed by atoms with Gasteiger partial charge in [-0.1, -0.05) is 0 Å². The second kappa shape index (κ2) is 5.40. The Labute approximate surface area is 142 Å². The number of nitrogens with one attached hydrogen (secondary N) is 2. The molecule has 2 N–H and O–H groups in total. The molecule has 9 heteroatoms. The minimum atomic E-state index is -0.948. The summed E-state index contributed by atoms with van der Waals surface area (Å²) in [5.41, 5.74) is -0.169. The maximum atomic E-state index is 12.2. The number of benzene rings is 1. The number of anilines is 1. The summed E-state index contributed by atoms with van der Waals surface area (Å²) in [6, 6.07) is 4.39. The second-order valence-corrected chi connectivity index (χ2v) is 6.30. The molecule has 0 saturated carbocycles. The molecule has 2 fully saturated rings. The van der Waals surface area contributed by atoms with Gasteiger partial charge in [0.15, 0.2) is 0 Å². The van der Waals surface area contributed by atoms with Gasteiger partial charge in [0.2, 0.25) is 0 Å². The number of non-ortho nitro benzene ring substituents is 1. The van der Waals surface area contributed by atoms with Crippen LogP contribution in [0.4, 0.5) is 16.2 Å². The molecule has 2 aliphatic heterocycles. The molecular weight excluding hydrogens is 326 g/mol. The van der Waals surface area contributed by atoms with Gasteiger partial charge in [0.05, 0.1) is 16.9 Å². The van der Waals surface area contributed by atoms with E-state index in [0.29, 0.717) is 30.3 Å². The molecule has 3 heterocycles. The highest BCUT2D eigenvalue weighted by molar-refractivity contribution is 6.08. The van der Waals surface area contributed by atoms with Crippen molar-refractivity contribution >= 4 is 34.1 Å². The Kier molecular flexibility index (Phi) is 3.31. The molecule has 0 aliphatic carbocycles. The van der Waals surface area contributed by atoms with Crippen LogP contribution in [0.1, 0.15) is 12.8 Å². The lowest BCUT2D eigenvalue weighted by atomic mass is 9.88. The minimum absolute atomic E-state index is 0.00881. The summed E-state index contributed by atoms with van der Waals surface area (Å²) >= 11 is 0. The number of nitrogens with zero attached hydrogens (tertiary/aromatic N) is 3. The van der Waals surface area contributed by atoms with Crippen LogP contribution in [0.2, 0.25) is 0 Å². The number of aromatic nitrogens is 1. The van der Waals surface area contributed by atoms with Gasteiger partial charge < -0.3 is 10.2 Å². The fraction of sp³-hybridized carbons (Fsp3) is 0.312. The van der Waals surface area contributed by atoms with Crippen molar-refractivity contribution in [3.05, 3.63) is 40.7 Å². The van der Waals surface area contributed by atoms with E-state index in [1.165, 1.54) is 12.3 Å². The summed E-state index contributed by atoms with van der Waals surface area (Å²) in [6.07, 6.45) is 4.34. The lowest BCUT2D eigenvalue weighted by molar-refractivity contribution is -0.383. The van der Waals surface area contributed by atoms with Crippen molar-refractivity contribution in [3.63, 3.8) is 0 Å². The fourth-order valence-corrected chi connectivity index (χ4v) is 3.67. The monoisotopic (exact) mass is 341 g/mol. The SMILES string of the molecule is O=C1NC(=O)C2(CCCN(c3ccc([N+](=O)[O-])c4cnccc34)C2)N1. The van der Waals surface area contributed by atoms with Crippen molar-refractivity contribution in [1.82, 2.24) is 15.6 Å². The van der Waals surface area contributed by atoms with Crippen molar-refractivity contribution in [2.75, 3.05) is 18.0 Å². The average Bonchev–Trinajstić information content (AvgIpc) is 2.86. The molecule has 1 spiro atoms. The number of amides is 3. The zero-order valence-corrected chi connectivity index (χ0v) is 13.2. The molecule has 25 heavy (non-hydrogen) atoms. The number of hydrogen-bond acceptors (Lipinski definition) is 6. The van der Waals surface area contributed by atoms with Crippen molar-refractivity contribution < 1.29 is 14.5 Å². The van der Waals surface area contributed by atoms with E-state index in [2.05, 4.69) is 15.6 Å². The first-order valence-electron chi connectivity index (χ1n) is 7.90. The van der Waals surface area contributed by atoms with Gasteiger partial charge in [-0.25, -0.2) is 4.79 Å². The quantitative estimate of drug-likeness (QED) is 0.483. The van der Waals surface area contributed by atoms with Crippen LogP contribution in [0.25, 0.3) is 10.8 Å². The number of piperidine rings is 1. The number of carbonyl (C=O) groups excluding carboxylic acids is 2. The molecule has 2 aromatic rings. The molecule has 1 atom stereocenters. The van der Waals surface area contributed by atoms with E-state index in [1.54, 1.807) is 18.3 Å². The maximum absolute atomic E-state index is 12.2. The molecule has 4 rings (SSSR count). The Bertz CT molecular complexity index is 915. The van der Waals surface area contributed by atoms with E-state index >= 15 is 0 Å². The van der Waals surface area contributed by atoms with Crippen LogP contribution in [-0.2, 0) is 4.79 Å². The highest BCUT2D eigenvalue weighted by Gasteiger charge is 2.48. The Morgan fingerprint density at radius 3 is 2.80 bits per heavy atom.